The Bertz CT molecular complexity index is 1120. The lowest BCUT2D eigenvalue weighted by atomic mass is 10.1. The Morgan fingerprint density at radius 2 is 1.65 bits per heavy atom. The summed E-state index contributed by atoms with van der Waals surface area (Å²) >= 11 is 6.10. The number of hydrogen-bond acceptors (Lipinski definition) is 6. The van der Waals surface area contributed by atoms with Gasteiger partial charge >= 0.3 is 0 Å². The van der Waals surface area contributed by atoms with Crippen LogP contribution >= 0.6 is 11.6 Å². The molecule has 10 heteroatoms. The van der Waals surface area contributed by atoms with Crippen LogP contribution in [0.5, 0.6) is 0 Å². The van der Waals surface area contributed by atoms with Crippen molar-refractivity contribution in [3.8, 4) is 11.4 Å². The van der Waals surface area contributed by atoms with Gasteiger partial charge in [-0.15, -0.1) is 0 Å². The maximum absolute atomic E-state index is 14.5. The van der Waals surface area contributed by atoms with Crippen LogP contribution in [0.1, 0.15) is 25.7 Å². The fourth-order valence-corrected chi connectivity index (χ4v) is 3.80. The summed E-state index contributed by atoms with van der Waals surface area (Å²) in [5.74, 6) is -1.16. The summed E-state index contributed by atoms with van der Waals surface area (Å²) in [6.07, 6.45) is 3.98. The van der Waals surface area contributed by atoms with Gasteiger partial charge in [0.25, 0.3) is 5.56 Å². The van der Waals surface area contributed by atoms with Gasteiger partial charge in [-0.05, 0) is 82.7 Å². The van der Waals surface area contributed by atoms with E-state index in [1.54, 1.807) is 0 Å². The second-order valence-corrected chi connectivity index (χ2v) is 8.40. The summed E-state index contributed by atoms with van der Waals surface area (Å²) in [6.45, 7) is 4.94. The smallest absolute Gasteiger partial charge is 0.259 e. The molecule has 0 aliphatic carbocycles. The molecule has 6 N–H and O–H groups in total. The van der Waals surface area contributed by atoms with Crippen LogP contribution in [0.25, 0.3) is 22.3 Å². The highest BCUT2D eigenvalue weighted by molar-refractivity contribution is 6.33. The number of nitrogens with one attached hydrogen (secondary N) is 4. The number of halogens is 3. The van der Waals surface area contributed by atoms with E-state index in [-0.39, 0.29) is 33.0 Å². The van der Waals surface area contributed by atoms with Gasteiger partial charge in [-0.25, -0.2) is 13.8 Å². The van der Waals surface area contributed by atoms with Crippen molar-refractivity contribution >= 4 is 28.2 Å². The van der Waals surface area contributed by atoms with Crippen molar-refractivity contribution < 1.29 is 8.78 Å². The molecule has 34 heavy (non-hydrogen) atoms. The maximum Gasteiger partial charge on any atom is 0.259 e. The number of fused-ring (bicyclic) bond motifs is 1. The van der Waals surface area contributed by atoms with E-state index in [0.29, 0.717) is 13.1 Å². The minimum atomic E-state index is -0.606. The highest BCUT2D eigenvalue weighted by Gasteiger charge is 2.15. The van der Waals surface area contributed by atoms with Gasteiger partial charge in [-0.1, -0.05) is 17.7 Å². The molecule has 0 aliphatic heterocycles. The van der Waals surface area contributed by atoms with Crippen LogP contribution in [0.3, 0.4) is 0 Å². The van der Waals surface area contributed by atoms with Crippen molar-refractivity contribution in [3.63, 3.8) is 0 Å². The molecule has 0 amide bonds. The molecule has 184 valence electrons. The third-order valence-electron chi connectivity index (χ3n) is 5.35. The number of rotatable bonds is 14. The molecule has 1 heterocycles. The van der Waals surface area contributed by atoms with E-state index < -0.39 is 17.2 Å². The minimum Gasteiger partial charge on any atom is -0.383 e. The van der Waals surface area contributed by atoms with Crippen molar-refractivity contribution in [1.82, 2.24) is 20.6 Å². The summed E-state index contributed by atoms with van der Waals surface area (Å²) in [5.41, 5.74) is 5.37. The monoisotopic (exact) mass is 492 g/mol. The third-order valence-corrected chi connectivity index (χ3v) is 5.67. The van der Waals surface area contributed by atoms with Gasteiger partial charge < -0.3 is 26.7 Å². The van der Waals surface area contributed by atoms with Gasteiger partial charge in [0.2, 0.25) is 0 Å². The molecule has 3 aromatic rings. The largest absolute Gasteiger partial charge is 0.383 e. The highest BCUT2D eigenvalue weighted by atomic mass is 35.5. The Morgan fingerprint density at radius 1 is 0.941 bits per heavy atom. The van der Waals surface area contributed by atoms with Crippen LogP contribution in [-0.2, 0) is 0 Å². The Balaban J connectivity index is 1.53. The number of aromatic amines is 1. The van der Waals surface area contributed by atoms with Crippen LogP contribution < -0.4 is 27.2 Å². The predicted octanol–water partition coefficient (Wildman–Crippen LogP) is 3.63. The molecule has 3 rings (SSSR count). The maximum atomic E-state index is 14.5. The lowest BCUT2D eigenvalue weighted by Crippen LogP contribution is -2.22. The Kier molecular flexibility index (Phi) is 10.2. The molecule has 7 nitrogen and oxygen atoms in total. The Morgan fingerprint density at radius 3 is 2.35 bits per heavy atom. The second kappa shape index (κ2) is 13.3. The number of nitrogens with two attached hydrogens (primary N) is 1. The first-order valence-corrected chi connectivity index (χ1v) is 11.9. The molecule has 0 atom stereocenters. The number of benzene rings is 2. The number of H-pyrrole nitrogens is 1. The number of nitrogens with zero attached hydrogens (tertiary/aromatic N) is 1. The van der Waals surface area contributed by atoms with E-state index in [4.69, 9.17) is 17.3 Å². The Hall–Kier alpha value is -2.59. The molecule has 0 saturated heterocycles. The first-order chi connectivity index (χ1) is 16.5. The second-order valence-electron chi connectivity index (χ2n) is 7.99. The van der Waals surface area contributed by atoms with Crippen molar-refractivity contribution in [2.75, 3.05) is 44.6 Å². The SMILES string of the molecule is NCCCNCCCCNCCCNc1cc2nc(-c3c(F)cccc3Cl)[nH]c(=O)c2cc1F. The lowest BCUT2D eigenvalue weighted by molar-refractivity contribution is 0.571. The van der Waals surface area contributed by atoms with E-state index in [0.717, 1.165) is 57.9 Å². The van der Waals surface area contributed by atoms with Gasteiger partial charge in [-0.3, -0.25) is 4.79 Å². The molecule has 0 aliphatic rings. The van der Waals surface area contributed by atoms with Crippen molar-refractivity contribution in [3.05, 3.63) is 57.3 Å². The molecule has 0 bridgehead atoms. The van der Waals surface area contributed by atoms with Crippen LogP contribution in [0, 0.1) is 11.6 Å². The molecule has 0 fully saturated rings. The zero-order valence-corrected chi connectivity index (χ0v) is 19.8. The molecule has 0 radical (unpaired) electrons. The van der Waals surface area contributed by atoms with E-state index in [9.17, 15) is 13.6 Å². The summed E-state index contributed by atoms with van der Waals surface area (Å²) in [5, 5.41) is 9.98. The van der Waals surface area contributed by atoms with Gasteiger partial charge in [0.1, 0.15) is 17.5 Å². The number of anilines is 1. The fourth-order valence-electron chi connectivity index (χ4n) is 3.55. The first kappa shape index (κ1) is 26.0. The number of aromatic nitrogens is 2. The van der Waals surface area contributed by atoms with Crippen molar-refractivity contribution in [2.45, 2.75) is 25.7 Å². The van der Waals surface area contributed by atoms with Gasteiger partial charge in [-0.2, -0.15) is 0 Å². The van der Waals surface area contributed by atoms with Crippen LogP contribution in [-0.4, -0.2) is 49.2 Å². The number of hydrogen-bond donors (Lipinski definition) is 5. The Labute approximate surface area is 202 Å². The molecule has 0 unspecified atom stereocenters. The van der Waals surface area contributed by atoms with Crippen LogP contribution in [0.2, 0.25) is 5.02 Å². The molecular weight excluding hydrogens is 462 g/mol. The summed E-state index contributed by atoms with van der Waals surface area (Å²) in [7, 11) is 0. The van der Waals surface area contributed by atoms with E-state index in [1.807, 2.05) is 0 Å². The topological polar surface area (TPSA) is 108 Å². The zero-order valence-electron chi connectivity index (χ0n) is 19.0. The van der Waals surface area contributed by atoms with E-state index in [1.165, 1.54) is 24.3 Å². The van der Waals surface area contributed by atoms with E-state index >= 15 is 0 Å². The highest BCUT2D eigenvalue weighted by Crippen LogP contribution is 2.29. The molecule has 0 saturated carbocycles. The summed E-state index contributed by atoms with van der Waals surface area (Å²) in [4.78, 5) is 19.3. The first-order valence-electron chi connectivity index (χ1n) is 11.5. The van der Waals surface area contributed by atoms with Gasteiger partial charge in [0.05, 0.1) is 27.2 Å². The average molecular weight is 493 g/mol. The minimum absolute atomic E-state index is 0.000541. The predicted molar refractivity (Wildman–Crippen MR) is 134 cm³/mol. The van der Waals surface area contributed by atoms with E-state index in [2.05, 4.69) is 25.9 Å². The fraction of sp³-hybridized carbons (Fsp3) is 0.417. The number of unbranched alkanes of at least 4 members (excludes halogenated alkanes) is 1. The lowest BCUT2D eigenvalue weighted by Gasteiger charge is -2.11. The summed E-state index contributed by atoms with van der Waals surface area (Å²) < 4.78 is 28.8. The quantitative estimate of drug-likeness (QED) is 0.220. The molecular formula is C24H31ClF2N6O. The van der Waals surface area contributed by atoms with Crippen LogP contribution in [0.4, 0.5) is 14.5 Å². The standard InChI is InChI=1S/C24H31ClF2N6O/c25-17-6-3-7-18(26)22(17)23-32-20-15-21(19(27)14-16(20)24(34)33-23)31-13-5-12-30-10-2-1-9-29-11-4-8-28/h3,6-7,14-15,29-31H,1-2,4-5,8-13,28H2,(H,32,33,34). The molecule has 1 aromatic heterocycles. The van der Waals surface area contributed by atoms with Crippen molar-refractivity contribution in [1.29, 1.82) is 0 Å². The zero-order chi connectivity index (χ0) is 24.3. The van der Waals surface area contributed by atoms with Gasteiger partial charge in [0, 0.05) is 6.54 Å². The van der Waals surface area contributed by atoms with Gasteiger partial charge in [0.15, 0.2) is 0 Å². The normalized spacial score (nSPS) is 11.3. The van der Waals surface area contributed by atoms with Crippen molar-refractivity contribution in [2.24, 2.45) is 5.73 Å². The molecule has 0 spiro atoms. The third kappa shape index (κ3) is 7.20. The molecule has 2 aromatic carbocycles. The van der Waals surface area contributed by atoms with Crippen LogP contribution in [0.15, 0.2) is 35.1 Å². The summed E-state index contributed by atoms with van der Waals surface area (Å²) in [6, 6.07) is 6.81. The average Bonchev–Trinajstić information content (AvgIpc) is 2.80.